The zero-order chi connectivity index (χ0) is 14.2. The molecule has 0 aromatic heterocycles. The van der Waals surface area contributed by atoms with Crippen molar-refractivity contribution in [3.63, 3.8) is 0 Å². The monoisotopic (exact) mass is 279 g/mol. The number of hydrogen-bond acceptors (Lipinski definition) is 4. The molecule has 1 aliphatic rings. The molecule has 1 heterocycles. The number of nitrogens with one attached hydrogen (secondary N) is 1. The van der Waals surface area contributed by atoms with Crippen molar-refractivity contribution in [2.24, 2.45) is 0 Å². The molecule has 1 unspecified atom stereocenters. The Kier molecular flexibility index (Phi) is 6.15. The average Bonchev–Trinajstić information content (AvgIpc) is 2.49. The Labute approximate surface area is 121 Å². The van der Waals surface area contributed by atoms with E-state index in [0.717, 1.165) is 31.2 Å². The molecule has 1 N–H and O–H groups in total. The predicted octanol–water partition coefficient (Wildman–Crippen LogP) is 2.75. The van der Waals surface area contributed by atoms with Crippen LogP contribution in [-0.4, -0.2) is 33.0 Å². The lowest BCUT2D eigenvalue weighted by Gasteiger charge is -2.22. The van der Waals surface area contributed by atoms with Gasteiger partial charge in [-0.25, -0.2) is 0 Å². The second kappa shape index (κ2) is 8.12. The number of hydrogen-bond donors (Lipinski definition) is 1. The van der Waals surface area contributed by atoms with Gasteiger partial charge >= 0.3 is 0 Å². The van der Waals surface area contributed by atoms with Crippen molar-refractivity contribution >= 4 is 0 Å². The summed E-state index contributed by atoms with van der Waals surface area (Å²) in [6, 6.07) is 6.06. The standard InChI is InChI=1S/C16H25NO3/c1-3-19-16-10-13(7-8-15(16)18-2)11-17-12-14-6-4-5-9-20-14/h7-8,10,14,17H,3-6,9,11-12H2,1-2H3. The van der Waals surface area contributed by atoms with Gasteiger partial charge in [-0.3, -0.25) is 0 Å². The van der Waals surface area contributed by atoms with E-state index >= 15 is 0 Å². The van der Waals surface area contributed by atoms with Gasteiger partial charge in [0.15, 0.2) is 11.5 Å². The first kappa shape index (κ1) is 15.1. The van der Waals surface area contributed by atoms with E-state index < -0.39 is 0 Å². The maximum absolute atomic E-state index is 5.71. The maximum atomic E-state index is 5.71. The zero-order valence-electron chi connectivity index (χ0n) is 12.5. The van der Waals surface area contributed by atoms with Crippen LogP contribution in [0, 0.1) is 0 Å². The molecule has 2 rings (SSSR count). The van der Waals surface area contributed by atoms with Crippen molar-refractivity contribution in [3.05, 3.63) is 23.8 Å². The van der Waals surface area contributed by atoms with Crippen LogP contribution >= 0.6 is 0 Å². The normalized spacial score (nSPS) is 18.8. The first-order valence-corrected chi connectivity index (χ1v) is 7.45. The molecule has 4 heteroatoms. The summed E-state index contributed by atoms with van der Waals surface area (Å²) in [6.07, 6.45) is 4.02. The third-order valence-corrected chi connectivity index (χ3v) is 3.50. The van der Waals surface area contributed by atoms with Gasteiger partial charge in [-0.15, -0.1) is 0 Å². The van der Waals surface area contributed by atoms with Gasteiger partial charge in [-0.1, -0.05) is 6.07 Å². The van der Waals surface area contributed by atoms with Crippen LogP contribution in [0.5, 0.6) is 11.5 Å². The first-order valence-electron chi connectivity index (χ1n) is 7.45. The zero-order valence-corrected chi connectivity index (χ0v) is 12.5. The molecule has 0 radical (unpaired) electrons. The molecule has 112 valence electrons. The molecule has 0 aliphatic carbocycles. The minimum atomic E-state index is 0.369. The Hall–Kier alpha value is -1.26. The van der Waals surface area contributed by atoms with Crippen molar-refractivity contribution in [2.75, 3.05) is 26.9 Å². The van der Waals surface area contributed by atoms with Crippen molar-refractivity contribution in [2.45, 2.75) is 38.8 Å². The molecule has 1 aromatic rings. The van der Waals surface area contributed by atoms with Crippen molar-refractivity contribution < 1.29 is 14.2 Å². The van der Waals surface area contributed by atoms with E-state index in [1.54, 1.807) is 7.11 Å². The molecular weight excluding hydrogens is 254 g/mol. The topological polar surface area (TPSA) is 39.7 Å². The Morgan fingerprint density at radius 2 is 2.20 bits per heavy atom. The number of methoxy groups -OCH3 is 1. The van der Waals surface area contributed by atoms with Crippen LogP contribution < -0.4 is 14.8 Å². The number of benzene rings is 1. The predicted molar refractivity (Wildman–Crippen MR) is 79.5 cm³/mol. The molecule has 0 amide bonds. The molecular formula is C16H25NO3. The van der Waals surface area contributed by atoms with Gasteiger partial charge in [0, 0.05) is 19.7 Å². The van der Waals surface area contributed by atoms with E-state index in [1.807, 2.05) is 19.1 Å². The summed E-state index contributed by atoms with van der Waals surface area (Å²) in [7, 11) is 1.66. The summed E-state index contributed by atoms with van der Waals surface area (Å²) in [4.78, 5) is 0. The summed E-state index contributed by atoms with van der Waals surface area (Å²) in [5.41, 5.74) is 1.20. The molecule has 0 bridgehead atoms. The highest BCUT2D eigenvalue weighted by Crippen LogP contribution is 2.28. The van der Waals surface area contributed by atoms with Crippen LogP contribution in [0.15, 0.2) is 18.2 Å². The fraction of sp³-hybridized carbons (Fsp3) is 0.625. The highest BCUT2D eigenvalue weighted by molar-refractivity contribution is 5.42. The SMILES string of the molecule is CCOc1cc(CNCC2CCCCO2)ccc1OC. The quantitative estimate of drug-likeness (QED) is 0.833. The molecule has 20 heavy (non-hydrogen) atoms. The van der Waals surface area contributed by atoms with E-state index in [1.165, 1.54) is 24.8 Å². The summed E-state index contributed by atoms with van der Waals surface area (Å²) in [5, 5.41) is 3.46. The summed E-state index contributed by atoms with van der Waals surface area (Å²) < 4.78 is 16.6. The molecule has 1 aromatic carbocycles. The Balaban J connectivity index is 1.84. The lowest BCUT2D eigenvalue weighted by atomic mass is 10.1. The van der Waals surface area contributed by atoms with E-state index in [0.29, 0.717) is 12.7 Å². The first-order chi connectivity index (χ1) is 9.83. The fourth-order valence-electron chi connectivity index (χ4n) is 2.45. The fourth-order valence-corrected chi connectivity index (χ4v) is 2.45. The van der Waals surface area contributed by atoms with Crippen molar-refractivity contribution in [1.82, 2.24) is 5.32 Å². The third kappa shape index (κ3) is 4.39. The molecule has 4 nitrogen and oxygen atoms in total. The second-order valence-corrected chi connectivity index (χ2v) is 5.04. The van der Waals surface area contributed by atoms with Gasteiger partial charge in [-0.05, 0) is 43.9 Å². The van der Waals surface area contributed by atoms with E-state index in [9.17, 15) is 0 Å². The molecule has 1 fully saturated rings. The van der Waals surface area contributed by atoms with Gasteiger partial charge in [0.2, 0.25) is 0 Å². The minimum Gasteiger partial charge on any atom is -0.493 e. The van der Waals surface area contributed by atoms with Crippen LogP contribution in [-0.2, 0) is 11.3 Å². The molecule has 0 saturated carbocycles. The van der Waals surface area contributed by atoms with E-state index in [2.05, 4.69) is 11.4 Å². The summed E-state index contributed by atoms with van der Waals surface area (Å²) in [6.45, 7) is 5.26. The average molecular weight is 279 g/mol. The molecule has 1 aliphatic heterocycles. The van der Waals surface area contributed by atoms with Gasteiger partial charge in [-0.2, -0.15) is 0 Å². The highest BCUT2D eigenvalue weighted by atomic mass is 16.5. The van der Waals surface area contributed by atoms with Crippen LogP contribution in [0.25, 0.3) is 0 Å². The number of ether oxygens (including phenoxy) is 3. The second-order valence-electron chi connectivity index (χ2n) is 5.04. The van der Waals surface area contributed by atoms with Gasteiger partial charge in [0.25, 0.3) is 0 Å². The van der Waals surface area contributed by atoms with Crippen molar-refractivity contribution in [1.29, 1.82) is 0 Å². The van der Waals surface area contributed by atoms with Crippen molar-refractivity contribution in [3.8, 4) is 11.5 Å². The Bertz CT molecular complexity index is 403. The Morgan fingerprint density at radius 3 is 2.90 bits per heavy atom. The molecule has 0 spiro atoms. The third-order valence-electron chi connectivity index (χ3n) is 3.50. The summed E-state index contributed by atoms with van der Waals surface area (Å²) in [5.74, 6) is 1.59. The van der Waals surface area contributed by atoms with Crippen LogP contribution in [0.4, 0.5) is 0 Å². The van der Waals surface area contributed by atoms with Crippen LogP contribution in [0.3, 0.4) is 0 Å². The largest absolute Gasteiger partial charge is 0.493 e. The molecule has 1 saturated heterocycles. The number of rotatable bonds is 7. The maximum Gasteiger partial charge on any atom is 0.161 e. The van der Waals surface area contributed by atoms with Gasteiger partial charge in [0.1, 0.15) is 0 Å². The minimum absolute atomic E-state index is 0.369. The Morgan fingerprint density at radius 1 is 1.30 bits per heavy atom. The lowest BCUT2D eigenvalue weighted by molar-refractivity contribution is 0.0168. The van der Waals surface area contributed by atoms with Crippen LogP contribution in [0.2, 0.25) is 0 Å². The van der Waals surface area contributed by atoms with Crippen LogP contribution in [0.1, 0.15) is 31.7 Å². The van der Waals surface area contributed by atoms with E-state index in [4.69, 9.17) is 14.2 Å². The van der Waals surface area contributed by atoms with Gasteiger partial charge in [0.05, 0.1) is 19.8 Å². The molecule has 1 atom stereocenters. The highest BCUT2D eigenvalue weighted by Gasteiger charge is 2.13. The van der Waals surface area contributed by atoms with E-state index in [-0.39, 0.29) is 0 Å². The summed E-state index contributed by atoms with van der Waals surface area (Å²) >= 11 is 0. The lowest BCUT2D eigenvalue weighted by Crippen LogP contribution is -2.31. The smallest absolute Gasteiger partial charge is 0.161 e. The van der Waals surface area contributed by atoms with Gasteiger partial charge < -0.3 is 19.5 Å².